The van der Waals surface area contributed by atoms with E-state index in [-0.39, 0.29) is 17.2 Å². The zero-order valence-corrected chi connectivity index (χ0v) is 14.9. The van der Waals surface area contributed by atoms with E-state index in [0.29, 0.717) is 23.5 Å². The van der Waals surface area contributed by atoms with Crippen LogP contribution in [0.15, 0.2) is 42.5 Å². The van der Waals surface area contributed by atoms with Crippen LogP contribution in [0.4, 0.5) is 15.8 Å². The van der Waals surface area contributed by atoms with Gasteiger partial charge in [-0.05, 0) is 42.3 Å². The number of amides is 2. The normalized spacial score (nSPS) is 17.0. The molecule has 130 valence electrons. The molecule has 2 amide bonds. The second kappa shape index (κ2) is 7.27. The Bertz CT molecular complexity index is 825. The van der Waals surface area contributed by atoms with Crippen molar-refractivity contribution in [1.29, 1.82) is 0 Å². The van der Waals surface area contributed by atoms with Crippen molar-refractivity contribution in [2.24, 2.45) is 0 Å². The molecule has 0 radical (unpaired) electrons. The quantitative estimate of drug-likeness (QED) is 0.888. The van der Waals surface area contributed by atoms with Crippen molar-refractivity contribution < 1.29 is 14.0 Å². The Balaban J connectivity index is 1.96. The molecule has 0 bridgehead atoms. The molecule has 6 heteroatoms. The van der Waals surface area contributed by atoms with E-state index in [1.165, 1.54) is 22.7 Å². The largest absolute Gasteiger partial charge is 0.326 e. The van der Waals surface area contributed by atoms with Crippen LogP contribution in [0.5, 0.6) is 0 Å². The molecule has 1 aliphatic heterocycles. The lowest BCUT2D eigenvalue weighted by molar-refractivity contribution is -0.116. The summed E-state index contributed by atoms with van der Waals surface area (Å²) in [4.78, 5) is 25.5. The molecule has 0 spiro atoms. The van der Waals surface area contributed by atoms with Crippen molar-refractivity contribution in [2.45, 2.75) is 25.6 Å². The Hall–Kier alpha value is -2.34. The standard InChI is InChI=1S/C19H19FN2O2S/c1-3-17(23)21-14-6-4-5-13(10-14)19-22(18(24)11-25-19)16-9-12(2)7-8-15(16)20/h4-10,19H,3,11H2,1-2H3,(H,21,23). The minimum Gasteiger partial charge on any atom is -0.326 e. The summed E-state index contributed by atoms with van der Waals surface area (Å²) in [6.45, 7) is 3.65. The van der Waals surface area contributed by atoms with Crippen LogP contribution in [0, 0.1) is 12.7 Å². The van der Waals surface area contributed by atoms with E-state index in [4.69, 9.17) is 0 Å². The van der Waals surface area contributed by atoms with Crippen molar-refractivity contribution in [3.05, 3.63) is 59.4 Å². The highest BCUT2D eigenvalue weighted by Crippen LogP contribution is 2.43. The summed E-state index contributed by atoms with van der Waals surface area (Å²) in [6.07, 6.45) is 0.390. The number of hydrogen-bond acceptors (Lipinski definition) is 3. The van der Waals surface area contributed by atoms with Crippen molar-refractivity contribution in [1.82, 2.24) is 0 Å². The first-order valence-corrected chi connectivity index (χ1v) is 9.14. The van der Waals surface area contributed by atoms with Gasteiger partial charge in [-0.1, -0.05) is 25.1 Å². The van der Waals surface area contributed by atoms with Crippen molar-refractivity contribution >= 4 is 35.0 Å². The molecule has 1 heterocycles. The molecular weight excluding hydrogens is 339 g/mol. The summed E-state index contributed by atoms with van der Waals surface area (Å²) in [5, 5.41) is 2.50. The van der Waals surface area contributed by atoms with Gasteiger partial charge in [-0.2, -0.15) is 0 Å². The fourth-order valence-corrected chi connectivity index (χ4v) is 3.92. The molecule has 2 aromatic rings. The van der Waals surface area contributed by atoms with Gasteiger partial charge in [0.1, 0.15) is 11.2 Å². The number of carbonyl (C=O) groups excluding carboxylic acids is 2. The Morgan fingerprint density at radius 1 is 1.32 bits per heavy atom. The van der Waals surface area contributed by atoms with Gasteiger partial charge in [0, 0.05) is 12.1 Å². The molecule has 1 fully saturated rings. The fourth-order valence-electron chi connectivity index (χ4n) is 2.76. The molecule has 3 rings (SSSR count). The Morgan fingerprint density at radius 2 is 2.12 bits per heavy atom. The molecule has 0 aromatic heterocycles. The number of nitrogens with zero attached hydrogens (tertiary/aromatic N) is 1. The maximum Gasteiger partial charge on any atom is 0.238 e. The number of halogens is 1. The van der Waals surface area contributed by atoms with Crippen molar-refractivity contribution in [2.75, 3.05) is 16.0 Å². The number of carbonyl (C=O) groups is 2. The smallest absolute Gasteiger partial charge is 0.238 e. The van der Waals surface area contributed by atoms with Crippen LogP contribution in [0.3, 0.4) is 0 Å². The number of nitrogens with one attached hydrogen (secondary N) is 1. The average molecular weight is 358 g/mol. The number of benzene rings is 2. The monoisotopic (exact) mass is 358 g/mol. The molecular formula is C19H19FN2O2S. The van der Waals surface area contributed by atoms with Gasteiger partial charge in [-0.15, -0.1) is 11.8 Å². The highest BCUT2D eigenvalue weighted by Gasteiger charge is 2.35. The Kier molecular flexibility index (Phi) is 5.08. The molecule has 2 aromatic carbocycles. The van der Waals surface area contributed by atoms with Crippen LogP contribution in [-0.4, -0.2) is 17.6 Å². The lowest BCUT2D eigenvalue weighted by Crippen LogP contribution is -2.28. The van der Waals surface area contributed by atoms with Gasteiger partial charge < -0.3 is 5.32 Å². The van der Waals surface area contributed by atoms with Gasteiger partial charge in [0.25, 0.3) is 0 Å². The second-order valence-electron chi connectivity index (χ2n) is 5.91. The summed E-state index contributed by atoms with van der Waals surface area (Å²) in [7, 11) is 0. The zero-order valence-electron chi connectivity index (χ0n) is 14.1. The van der Waals surface area contributed by atoms with E-state index < -0.39 is 5.82 Å². The van der Waals surface area contributed by atoms with Gasteiger partial charge in [-0.25, -0.2) is 4.39 Å². The lowest BCUT2D eigenvalue weighted by Gasteiger charge is -2.25. The number of thioether (sulfide) groups is 1. The maximum absolute atomic E-state index is 14.3. The zero-order chi connectivity index (χ0) is 18.0. The summed E-state index contributed by atoms with van der Waals surface area (Å²) in [5.74, 6) is -0.317. The van der Waals surface area contributed by atoms with Crippen molar-refractivity contribution in [3.8, 4) is 0 Å². The second-order valence-corrected chi connectivity index (χ2v) is 6.98. The van der Waals surface area contributed by atoms with Gasteiger partial charge in [0.15, 0.2) is 0 Å². The molecule has 1 N–H and O–H groups in total. The molecule has 1 saturated heterocycles. The topological polar surface area (TPSA) is 49.4 Å². The van der Waals surface area contributed by atoms with Gasteiger partial charge >= 0.3 is 0 Å². The van der Waals surface area contributed by atoms with Gasteiger partial charge in [0.2, 0.25) is 11.8 Å². The highest BCUT2D eigenvalue weighted by molar-refractivity contribution is 8.00. The molecule has 0 aliphatic carbocycles. The lowest BCUT2D eigenvalue weighted by atomic mass is 10.1. The highest BCUT2D eigenvalue weighted by atomic mass is 32.2. The molecule has 1 atom stereocenters. The number of anilines is 2. The van der Waals surface area contributed by atoms with E-state index in [1.54, 1.807) is 25.1 Å². The summed E-state index contributed by atoms with van der Waals surface area (Å²) in [5.41, 5.74) is 2.71. The summed E-state index contributed by atoms with van der Waals surface area (Å²) >= 11 is 1.45. The first-order chi connectivity index (χ1) is 12.0. The minimum absolute atomic E-state index is 0.0751. The summed E-state index contributed by atoms with van der Waals surface area (Å²) < 4.78 is 14.3. The van der Waals surface area contributed by atoms with E-state index in [9.17, 15) is 14.0 Å². The van der Waals surface area contributed by atoms with Crippen LogP contribution in [-0.2, 0) is 9.59 Å². The SMILES string of the molecule is CCC(=O)Nc1cccc(C2SCC(=O)N2c2cc(C)ccc2F)c1. The molecule has 25 heavy (non-hydrogen) atoms. The molecule has 1 aliphatic rings. The summed E-state index contributed by atoms with van der Waals surface area (Å²) in [6, 6.07) is 12.1. The maximum atomic E-state index is 14.3. The van der Waals surface area contributed by atoms with Crippen LogP contribution in [0.1, 0.15) is 29.8 Å². The van der Waals surface area contributed by atoms with Crippen molar-refractivity contribution in [3.63, 3.8) is 0 Å². The minimum atomic E-state index is -0.415. The molecule has 4 nitrogen and oxygen atoms in total. The van der Waals surface area contributed by atoms with Gasteiger partial charge in [0.05, 0.1) is 11.4 Å². The number of hydrogen-bond donors (Lipinski definition) is 1. The Labute approximate surface area is 150 Å². The third-order valence-corrected chi connectivity index (χ3v) is 5.22. The molecule has 1 unspecified atom stereocenters. The van der Waals surface area contributed by atoms with E-state index >= 15 is 0 Å². The molecule has 0 saturated carbocycles. The number of aryl methyl sites for hydroxylation is 1. The predicted molar refractivity (Wildman–Crippen MR) is 99.2 cm³/mol. The van der Waals surface area contributed by atoms with Crippen LogP contribution in [0.25, 0.3) is 0 Å². The third-order valence-electron chi connectivity index (χ3n) is 4.01. The predicted octanol–water partition coefficient (Wildman–Crippen LogP) is 4.26. The first kappa shape index (κ1) is 17.5. The van der Waals surface area contributed by atoms with Crippen LogP contribution < -0.4 is 10.2 Å². The van der Waals surface area contributed by atoms with E-state index in [2.05, 4.69) is 5.32 Å². The van der Waals surface area contributed by atoms with E-state index in [1.807, 2.05) is 25.1 Å². The Morgan fingerprint density at radius 3 is 2.88 bits per heavy atom. The number of rotatable bonds is 4. The fraction of sp³-hybridized carbons (Fsp3) is 0.263. The van der Waals surface area contributed by atoms with E-state index in [0.717, 1.165) is 11.1 Å². The average Bonchev–Trinajstić information content (AvgIpc) is 2.98. The first-order valence-electron chi connectivity index (χ1n) is 8.09. The van der Waals surface area contributed by atoms with Crippen LogP contribution in [0.2, 0.25) is 0 Å². The van der Waals surface area contributed by atoms with Crippen LogP contribution >= 0.6 is 11.8 Å². The third kappa shape index (κ3) is 3.69. The van der Waals surface area contributed by atoms with Gasteiger partial charge in [-0.3, -0.25) is 14.5 Å².